The molecule has 1 aliphatic rings. The number of piperidine rings is 1. The molecule has 1 aromatic heterocycles. The monoisotopic (exact) mass is 299 g/mol. The Bertz CT molecular complexity index is 478. The molecule has 5 heteroatoms. The normalized spacial score (nSPS) is 15.4. The summed E-state index contributed by atoms with van der Waals surface area (Å²) in [5.41, 5.74) is 2.27. The SMILES string of the molecule is Cl.Cl.c1ccc(-c2cn(C3CCNCC3)cn2)cc1. The molecule has 0 radical (unpaired) electrons. The molecule has 1 fully saturated rings. The number of nitrogens with one attached hydrogen (secondary N) is 1. The lowest BCUT2D eigenvalue weighted by Gasteiger charge is -2.23. The van der Waals surface area contributed by atoms with Crippen LogP contribution in [0.4, 0.5) is 0 Å². The maximum Gasteiger partial charge on any atom is 0.0956 e. The number of aromatic nitrogens is 2. The van der Waals surface area contributed by atoms with Gasteiger partial charge < -0.3 is 9.88 Å². The van der Waals surface area contributed by atoms with Crippen molar-refractivity contribution in [3.05, 3.63) is 42.9 Å². The standard InChI is InChI=1S/C14H17N3.2ClH/c1-2-4-12(5-3-1)14-10-17(11-16-14)13-6-8-15-9-7-13;;/h1-5,10-11,13,15H,6-9H2;2*1H. The molecule has 19 heavy (non-hydrogen) atoms. The minimum atomic E-state index is 0. The van der Waals surface area contributed by atoms with Crippen LogP contribution < -0.4 is 5.32 Å². The van der Waals surface area contributed by atoms with Crippen LogP contribution in [-0.4, -0.2) is 22.6 Å². The van der Waals surface area contributed by atoms with E-state index in [0.717, 1.165) is 18.8 Å². The third kappa shape index (κ3) is 3.72. The average Bonchev–Trinajstić information content (AvgIpc) is 2.90. The highest BCUT2D eigenvalue weighted by molar-refractivity contribution is 5.85. The number of halogens is 2. The summed E-state index contributed by atoms with van der Waals surface area (Å²) in [5, 5.41) is 3.39. The van der Waals surface area contributed by atoms with Crippen LogP contribution >= 0.6 is 24.8 Å². The zero-order chi connectivity index (χ0) is 11.5. The van der Waals surface area contributed by atoms with Gasteiger partial charge in [0.1, 0.15) is 0 Å². The maximum absolute atomic E-state index is 4.50. The molecular formula is C14H19Cl2N3. The van der Waals surface area contributed by atoms with Crippen molar-refractivity contribution in [1.29, 1.82) is 0 Å². The molecular weight excluding hydrogens is 281 g/mol. The number of nitrogens with zero attached hydrogens (tertiary/aromatic N) is 2. The summed E-state index contributed by atoms with van der Waals surface area (Å²) < 4.78 is 2.27. The van der Waals surface area contributed by atoms with Gasteiger partial charge in [-0.3, -0.25) is 0 Å². The molecule has 1 saturated heterocycles. The Labute approximate surface area is 126 Å². The van der Waals surface area contributed by atoms with Crippen LogP contribution in [0, 0.1) is 0 Å². The van der Waals surface area contributed by atoms with Crippen LogP contribution in [0.1, 0.15) is 18.9 Å². The highest BCUT2D eigenvalue weighted by Gasteiger charge is 2.15. The summed E-state index contributed by atoms with van der Waals surface area (Å²) in [6.45, 7) is 2.23. The van der Waals surface area contributed by atoms with E-state index in [2.05, 4.69) is 45.3 Å². The predicted molar refractivity (Wildman–Crippen MR) is 83.3 cm³/mol. The Morgan fingerprint density at radius 2 is 1.74 bits per heavy atom. The van der Waals surface area contributed by atoms with E-state index in [-0.39, 0.29) is 24.8 Å². The van der Waals surface area contributed by atoms with Gasteiger partial charge in [0.15, 0.2) is 0 Å². The van der Waals surface area contributed by atoms with Crippen LogP contribution in [-0.2, 0) is 0 Å². The van der Waals surface area contributed by atoms with Gasteiger partial charge in [-0.25, -0.2) is 4.98 Å². The fourth-order valence-corrected chi connectivity index (χ4v) is 2.40. The van der Waals surface area contributed by atoms with E-state index in [4.69, 9.17) is 0 Å². The van der Waals surface area contributed by atoms with Crippen LogP contribution in [0.25, 0.3) is 11.3 Å². The first-order valence-electron chi connectivity index (χ1n) is 6.23. The third-order valence-electron chi connectivity index (χ3n) is 3.40. The van der Waals surface area contributed by atoms with Crippen molar-refractivity contribution in [3.63, 3.8) is 0 Å². The van der Waals surface area contributed by atoms with Crippen molar-refractivity contribution in [1.82, 2.24) is 14.9 Å². The first kappa shape index (κ1) is 16.0. The van der Waals surface area contributed by atoms with Crippen molar-refractivity contribution in [2.75, 3.05) is 13.1 Å². The molecule has 104 valence electrons. The first-order valence-corrected chi connectivity index (χ1v) is 6.23. The predicted octanol–water partition coefficient (Wildman–Crippen LogP) is 3.32. The van der Waals surface area contributed by atoms with Crippen LogP contribution in [0.2, 0.25) is 0 Å². The van der Waals surface area contributed by atoms with Crippen LogP contribution in [0.15, 0.2) is 42.9 Å². The van der Waals surface area contributed by atoms with Crippen molar-refractivity contribution in [2.45, 2.75) is 18.9 Å². The minimum Gasteiger partial charge on any atom is -0.334 e. The minimum absolute atomic E-state index is 0. The van der Waals surface area contributed by atoms with E-state index in [1.54, 1.807) is 0 Å². The van der Waals surface area contributed by atoms with Gasteiger partial charge in [0.25, 0.3) is 0 Å². The average molecular weight is 300 g/mol. The Hall–Kier alpha value is -1.03. The molecule has 0 atom stereocenters. The van der Waals surface area contributed by atoms with Crippen molar-refractivity contribution >= 4 is 24.8 Å². The lowest BCUT2D eigenvalue weighted by Crippen LogP contribution is -2.28. The second-order valence-corrected chi connectivity index (χ2v) is 4.55. The molecule has 0 aliphatic carbocycles. The van der Waals surface area contributed by atoms with E-state index < -0.39 is 0 Å². The molecule has 1 aromatic carbocycles. The number of hydrogen-bond acceptors (Lipinski definition) is 2. The molecule has 0 spiro atoms. The van der Waals surface area contributed by atoms with Crippen molar-refractivity contribution in [3.8, 4) is 11.3 Å². The molecule has 1 N–H and O–H groups in total. The van der Waals surface area contributed by atoms with Gasteiger partial charge in [0.05, 0.1) is 12.0 Å². The van der Waals surface area contributed by atoms with E-state index in [1.165, 1.54) is 18.4 Å². The maximum atomic E-state index is 4.50. The van der Waals surface area contributed by atoms with Gasteiger partial charge in [-0.1, -0.05) is 30.3 Å². The van der Waals surface area contributed by atoms with Gasteiger partial charge in [-0.2, -0.15) is 0 Å². The van der Waals surface area contributed by atoms with Gasteiger partial charge in [-0.15, -0.1) is 24.8 Å². The number of rotatable bonds is 2. The van der Waals surface area contributed by atoms with Gasteiger partial charge in [0, 0.05) is 17.8 Å². The second-order valence-electron chi connectivity index (χ2n) is 4.55. The second kappa shape index (κ2) is 7.53. The Kier molecular flexibility index (Phi) is 6.35. The van der Waals surface area contributed by atoms with Crippen LogP contribution in [0.3, 0.4) is 0 Å². The number of hydrogen-bond donors (Lipinski definition) is 1. The summed E-state index contributed by atoms with van der Waals surface area (Å²) in [7, 11) is 0. The topological polar surface area (TPSA) is 29.9 Å². The van der Waals surface area contributed by atoms with Gasteiger partial charge in [-0.05, 0) is 25.9 Å². The molecule has 2 aromatic rings. The van der Waals surface area contributed by atoms with E-state index in [1.807, 2.05) is 12.4 Å². The molecule has 2 heterocycles. The summed E-state index contributed by atoms with van der Waals surface area (Å²) >= 11 is 0. The van der Waals surface area contributed by atoms with Gasteiger partial charge >= 0.3 is 0 Å². The fraction of sp³-hybridized carbons (Fsp3) is 0.357. The summed E-state index contributed by atoms with van der Waals surface area (Å²) in [6, 6.07) is 11.0. The third-order valence-corrected chi connectivity index (χ3v) is 3.40. The van der Waals surface area contributed by atoms with Crippen molar-refractivity contribution < 1.29 is 0 Å². The zero-order valence-electron chi connectivity index (χ0n) is 10.7. The quantitative estimate of drug-likeness (QED) is 0.922. The lowest BCUT2D eigenvalue weighted by atomic mass is 10.1. The Morgan fingerprint density at radius 1 is 1.05 bits per heavy atom. The smallest absolute Gasteiger partial charge is 0.0956 e. The summed E-state index contributed by atoms with van der Waals surface area (Å²) in [5.74, 6) is 0. The molecule has 0 saturated carbocycles. The van der Waals surface area contributed by atoms with Crippen LogP contribution in [0.5, 0.6) is 0 Å². The molecule has 3 nitrogen and oxygen atoms in total. The van der Waals surface area contributed by atoms with Gasteiger partial charge in [0.2, 0.25) is 0 Å². The highest BCUT2D eigenvalue weighted by Crippen LogP contribution is 2.22. The highest BCUT2D eigenvalue weighted by atomic mass is 35.5. The zero-order valence-corrected chi connectivity index (χ0v) is 12.3. The summed E-state index contributed by atoms with van der Waals surface area (Å²) in [4.78, 5) is 4.50. The van der Waals surface area contributed by atoms with Crippen molar-refractivity contribution in [2.24, 2.45) is 0 Å². The lowest BCUT2D eigenvalue weighted by molar-refractivity contribution is 0.368. The molecule has 0 unspecified atom stereocenters. The van der Waals surface area contributed by atoms with E-state index >= 15 is 0 Å². The Balaban J connectivity index is 0.000000902. The molecule has 1 aliphatic heterocycles. The van der Waals surface area contributed by atoms with E-state index in [0.29, 0.717) is 6.04 Å². The first-order chi connectivity index (χ1) is 8.43. The molecule has 0 bridgehead atoms. The Morgan fingerprint density at radius 3 is 2.42 bits per heavy atom. The number of imidazole rings is 1. The number of benzene rings is 1. The summed E-state index contributed by atoms with van der Waals surface area (Å²) in [6.07, 6.45) is 6.54. The largest absolute Gasteiger partial charge is 0.334 e. The van der Waals surface area contributed by atoms with E-state index in [9.17, 15) is 0 Å². The molecule has 0 amide bonds. The fourth-order valence-electron chi connectivity index (χ4n) is 2.40. The molecule has 3 rings (SSSR count).